The van der Waals surface area contributed by atoms with Gasteiger partial charge in [-0.05, 0) is 153 Å². The average Bonchev–Trinajstić information content (AvgIpc) is 3.85. The molecule has 0 aliphatic rings. The summed E-state index contributed by atoms with van der Waals surface area (Å²) in [5.41, 5.74) is 7.56. The van der Waals surface area contributed by atoms with Crippen LogP contribution in [-0.2, 0) is 12.1 Å². The van der Waals surface area contributed by atoms with E-state index < -0.39 is 17.7 Å². The van der Waals surface area contributed by atoms with E-state index >= 15 is 0 Å². The van der Waals surface area contributed by atoms with Crippen molar-refractivity contribution in [2.45, 2.75) is 19.0 Å². The Hall–Kier alpha value is -9.29. The summed E-state index contributed by atoms with van der Waals surface area (Å²) in [4.78, 5) is 0. The SMILES string of the molecule is CC(F)(F)c1ccc(-c2c3ccc(-n4c5ccc(C#N)cc5c5cc(C#N)ccc54)cc3c(-c3ccc(C(F)(F)F)cc3)c3ccc(-n4c5ccc(C#N)cc5c5cc(C#N)ccc54)cc23)cc1. The maximum atomic E-state index is 14.7. The van der Waals surface area contributed by atoms with Crippen LogP contribution in [0, 0.1) is 45.3 Å². The lowest BCUT2D eigenvalue weighted by Gasteiger charge is -2.21. The first-order chi connectivity index (χ1) is 32.8. The molecule has 11 heteroatoms. The Morgan fingerprint density at radius 1 is 0.353 bits per heavy atom. The molecule has 0 atom stereocenters. The molecule has 0 saturated carbocycles. The number of halogens is 5. The van der Waals surface area contributed by atoms with Gasteiger partial charge in [-0.2, -0.15) is 34.2 Å². The number of hydrogen-bond acceptors (Lipinski definition) is 4. The lowest BCUT2D eigenvalue weighted by molar-refractivity contribution is -0.137. The minimum atomic E-state index is -4.59. The summed E-state index contributed by atoms with van der Waals surface area (Å²) in [5, 5.41) is 45.1. The van der Waals surface area contributed by atoms with E-state index in [-0.39, 0.29) is 5.56 Å². The number of alkyl halides is 5. The quantitative estimate of drug-likeness (QED) is 0.127. The molecule has 0 saturated heterocycles. The van der Waals surface area contributed by atoms with Crippen LogP contribution < -0.4 is 0 Å². The number of nitrogens with zero attached hydrogens (tertiary/aromatic N) is 6. The molecule has 0 N–H and O–H groups in total. The van der Waals surface area contributed by atoms with E-state index in [1.807, 2.05) is 69.8 Å². The summed E-state index contributed by atoms with van der Waals surface area (Å²) in [5.74, 6) is -3.12. The normalized spacial score (nSPS) is 11.9. The molecule has 9 aromatic carbocycles. The van der Waals surface area contributed by atoms with Gasteiger partial charge in [0.2, 0.25) is 0 Å². The van der Waals surface area contributed by atoms with Crippen molar-refractivity contribution in [3.63, 3.8) is 0 Å². The predicted octanol–water partition coefficient (Wildman–Crippen LogP) is 15.1. The van der Waals surface area contributed by atoms with Gasteiger partial charge in [0.15, 0.2) is 0 Å². The minimum Gasteiger partial charge on any atom is -0.309 e. The van der Waals surface area contributed by atoms with Crippen molar-refractivity contribution < 1.29 is 22.0 Å². The van der Waals surface area contributed by atoms with Crippen molar-refractivity contribution in [3.05, 3.63) is 191 Å². The fraction of sp³-hybridized carbons (Fsp3) is 0.0526. The van der Waals surface area contributed by atoms with Crippen molar-refractivity contribution in [1.29, 1.82) is 21.0 Å². The Balaban J connectivity index is 1.27. The third-order valence-electron chi connectivity index (χ3n) is 12.8. The van der Waals surface area contributed by atoms with E-state index in [0.29, 0.717) is 77.4 Å². The molecule has 68 heavy (non-hydrogen) atoms. The van der Waals surface area contributed by atoms with Crippen molar-refractivity contribution in [1.82, 2.24) is 9.13 Å². The number of fused-ring (bicyclic) bond motifs is 8. The zero-order valence-corrected chi connectivity index (χ0v) is 35.6. The second kappa shape index (κ2) is 15.1. The first-order valence-electron chi connectivity index (χ1n) is 21.3. The zero-order valence-electron chi connectivity index (χ0n) is 35.6. The summed E-state index contributed by atoms with van der Waals surface area (Å²) >= 11 is 0. The molecule has 11 aromatic rings. The molecule has 0 spiro atoms. The van der Waals surface area contributed by atoms with Crippen LogP contribution in [0.4, 0.5) is 22.0 Å². The molecular weight excluding hydrogens is 864 g/mol. The molecule has 0 bridgehead atoms. The Kier molecular flexibility index (Phi) is 9.22. The predicted molar refractivity (Wildman–Crippen MR) is 254 cm³/mol. The molecule has 322 valence electrons. The smallest absolute Gasteiger partial charge is 0.309 e. The van der Waals surface area contributed by atoms with E-state index in [1.165, 1.54) is 24.3 Å². The standard InChI is InChI=1S/C57H29F5N6/c1-56(58,59)38-10-6-36(7-11-38)54-42-16-14-41(68-52-20-4-34(30-65)24-46(52)47-25-35(31-66)5-21-53(47)68)27-49(42)55(37-8-12-39(13-9-37)57(60,61)62)43-17-15-40(26-48(43)54)67-50-18-2-32(28-63)22-44(50)45-23-33(29-64)3-19-51(45)67/h2-27H,1H3. The summed E-state index contributed by atoms with van der Waals surface area (Å²) in [6, 6.07) is 52.9. The van der Waals surface area contributed by atoms with Crippen LogP contribution >= 0.6 is 0 Å². The summed E-state index contributed by atoms with van der Waals surface area (Å²) in [7, 11) is 0. The number of aromatic nitrogens is 2. The molecular formula is C57H29F5N6. The molecule has 0 unspecified atom stereocenters. The van der Waals surface area contributed by atoms with E-state index in [1.54, 1.807) is 60.7 Å². The molecule has 0 amide bonds. The first kappa shape index (κ1) is 41.4. The molecule has 0 aliphatic carbocycles. The number of nitriles is 4. The van der Waals surface area contributed by atoms with Gasteiger partial charge in [0, 0.05) is 45.4 Å². The van der Waals surface area contributed by atoms with Crippen LogP contribution in [-0.4, -0.2) is 9.13 Å². The number of benzene rings is 9. The van der Waals surface area contributed by atoms with Gasteiger partial charge in [-0.1, -0.05) is 48.5 Å². The lowest BCUT2D eigenvalue weighted by atomic mass is 9.85. The van der Waals surface area contributed by atoms with Gasteiger partial charge < -0.3 is 9.13 Å². The van der Waals surface area contributed by atoms with Crippen molar-refractivity contribution in [2.24, 2.45) is 0 Å². The average molecular weight is 893 g/mol. The Bertz CT molecular complexity index is 3730. The highest BCUT2D eigenvalue weighted by atomic mass is 19.4. The zero-order chi connectivity index (χ0) is 47.2. The molecule has 11 rings (SSSR count). The lowest BCUT2D eigenvalue weighted by Crippen LogP contribution is -2.06. The largest absolute Gasteiger partial charge is 0.416 e. The second-order valence-electron chi connectivity index (χ2n) is 16.8. The molecule has 0 aliphatic heterocycles. The highest BCUT2D eigenvalue weighted by molar-refractivity contribution is 6.23. The topological polar surface area (TPSA) is 105 Å². The summed E-state index contributed by atoms with van der Waals surface area (Å²) in [6.45, 7) is 0.835. The fourth-order valence-corrected chi connectivity index (χ4v) is 9.74. The third-order valence-corrected chi connectivity index (χ3v) is 12.8. The maximum absolute atomic E-state index is 14.7. The Morgan fingerprint density at radius 2 is 0.676 bits per heavy atom. The van der Waals surface area contributed by atoms with E-state index in [9.17, 15) is 43.0 Å². The van der Waals surface area contributed by atoms with Crippen molar-refractivity contribution in [2.75, 3.05) is 0 Å². The highest BCUT2D eigenvalue weighted by Crippen LogP contribution is 2.47. The van der Waals surface area contributed by atoms with Crippen molar-refractivity contribution in [3.8, 4) is 57.9 Å². The first-order valence-corrected chi connectivity index (χ1v) is 21.3. The number of rotatable bonds is 5. The van der Waals surface area contributed by atoms with Crippen molar-refractivity contribution >= 4 is 65.2 Å². The van der Waals surface area contributed by atoms with E-state index in [0.717, 1.165) is 62.7 Å². The fourth-order valence-electron chi connectivity index (χ4n) is 9.74. The maximum Gasteiger partial charge on any atom is 0.416 e. The van der Waals surface area contributed by atoms with Gasteiger partial charge in [-0.25, -0.2) is 8.78 Å². The highest BCUT2D eigenvalue weighted by Gasteiger charge is 2.31. The van der Waals surface area contributed by atoms with Gasteiger partial charge in [-0.3, -0.25) is 0 Å². The van der Waals surface area contributed by atoms with Crippen LogP contribution in [0.5, 0.6) is 0 Å². The molecule has 0 radical (unpaired) electrons. The second-order valence-corrected chi connectivity index (χ2v) is 16.8. The van der Waals surface area contributed by atoms with E-state index in [4.69, 9.17) is 0 Å². The summed E-state index contributed by atoms with van der Waals surface area (Å²) < 4.78 is 75.8. The van der Waals surface area contributed by atoms with E-state index in [2.05, 4.69) is 24.3 Å². The van der Waals surface area contributed by atoms with Gasteiger partial charge >= 0.3 is 6.18 Å². The molecule has 0 fully saturated rings. The molecule has 2 heterocycles. The Labute approximate surface area is 384 Å². The van der Waals surface area contributed by atoms with Crippen LogP contribution in [0.2, 0.25) is 0 Å². The molecule has 2 aromatic heterocycles. The minimum absolute atomic E-state index is 0.177. The van der Waals surface area contributed by atoms with Gasteiger partial charge in [0.05, 0.1) is 74.2 Å². The monoisotopic (exact) mass is 892 g/mol. The van der Waals surface area contributed by atoms with Crippen LogP contribution in [0.15, 0.2) is 158 Å². The van der Waals surface area contributed by atoms with Gasteiger partial charge in [0.1, 0.15) is 0 Å². The third kappa shape index (κ3) is 6.49. The van der Waals surface area contributed by atoms with Crippen LogP contribution in [0.3, 0.4) is 0 Å². The van der Waals surface area contributed by atoms with Crippen LogP contribution in [0.25, 0.3) is 98.8 Å². The molecule has 6 nitrogen and oxygen atoms in total. The van der Waals surface area contributed by atoms with Crippen LogP contribution in [0.1, 0.15) is 40.3 Å². The number of hydrogen-bond donors (Lipinski definition) is 0. The Morgan fingerprint density at radius 3 is 0.971 bits per heavy atom. The summed E-state index contributed by atoms with van der Waals surface area (Å²) in [6.07, 6.45) is -4.59. The van der Waals surface area contributed by atoms with Gasteiger partial charge in [0.25, 0.3) is 5.92 Å². The van der Waals surface area contributed by atoms with Gasteiger partial charge in [-0.15, -0.1) is 0 Å².